The van der Waals surface area contributed by atoms with Gasteiger partial charge in [-0.3, -0.25) is 0 Å². The molecule has 0 saturated heterocycles. The SMILES string of the molecule is CCC/C=C/C1(C=O)CC1. The van der Waals surface area contributed by atoms with E-state index in [1.807, 2.05) is 0 Å². The molecule has 1 heteroatoms. The van der Waals surface area contributed by atoms with Gasteiger partial charge in [0.15, 0.2) is 0 Å². The Labute approximate surface area is 62.1 Å². The molecular weight excluding hydrogens is 124 g/mol. The lowest BCUT2D eigenvalue weighted by molar-refractivity contribution is -0.110. The van der Waals surface area contributed by atoms with Crippen LogP contribution in [0.4, 0.5) is 0 Å². The third kappa shape index (κ3) is 1.69. The second-order valence-corrected chi connectivity index (χ2v) is 3.04. The molecule has 0 aliphatic heterocycles. The second-order valence-electron chi connectivity index (χ2n) is 3.04. The quantitative estimate of drug-likeness (QED) is 0.430. The van der Waals surface area contributed by atoms with Crippen molar-refractivity contribution in [3.63, 3.8) is 0 Å². The molecule has 1 fully saturated rings. The van der Waals surface area contributed by atoms with Crippen LogP contribution in [0.25, 0.3) is 0 Å². The van der Waals surface area contributed by atoms with Gasteiger partial charge in [0.2, 0.25) is 0 Å². The Balaban J connectivity index is 2.29. The molecule has 0 bridgehead atoms. The van der Waals surface area contributed by atoms with Gasteiger partial charge < -0.3 is 4.79 Å². The predicted octanol–water partition coefficient (Wildman–Crippen LogP) is 2.32. The average molecular weight is 138 g/mol. The largest absolute Gasteiger partial charge is 0.302 e. The van der Waals surface area contributed by atoms with Crippen molar-refractivity contribution in [2.24, 2.45) is 5.41 Å². The summed E-state index contributed by atoms with van der Waals surface area (Å²) in [6, 6.07) is 0. The number of aldehydes is 1. The van der Waals surface area contributed by atoms with Gasteiger partial charge in [0.1, 0.15) is 6.29 Å². The Kier molecular flexibility index (Phi) is 2.25. The van der Waals surface area contributed by atoms with Crippen LogP contribution in [0.2, 0.25) is 0 Å². The summed E-state index contributed by atoms with van der Waals surface area (Å²) in [5, 5.41) is 0. The summed E-state index contributed by atoms with van der Waals surface area (Å²) in [5.41, 5.74) is -0.0187. The van der Waals surface area contributed by atoms with Crippen LogP contribution in [0, 0.1) is 5.41 Å². The summed E-state index contributed by atoms with van der Waals surface area (Å²) in [5.74, 6) is 0. The molecule has 0 aromatic rings. The molecule has 10 heavy (non-hydrogen) atoms. The van der Waals surface area contributed by atoms with E-state index >= 15 is 0 Å². The van der Waals surface area contributed by atoms with Gasteiger partial charge in [-0.1, -0.05) is 25.5 Å². The van der Waals surface area contributed by atoms with Gasteiger partial charge in [-0.05, 0) is 19.3 Å². The van der Waals surface area contributed by atoms with Crippen LogP contribution in [0.1, 0.15) is 32.6 Å². The van der Waals surface area contributed by atoms with E-state index in [2.05, 4.69) is 19.1 Å². The van der Waals surface area contributed by atoms with E-state index < -0.39 is 0 Å². The topological polar surface area (TPSA) is 17.1 Å². The number of unbranched alkanes of at least 4 members (excludes halogenated alkanes) is 1. The Bertz CT molecular complexity index is 143. The van der Waals surface area contributed by atoms with E-state index in [1.54, 1.807) is 0 Å². The summed E-state index contributed by atoms with van der Waals surface area (Å²) < 4.78 is 0. The maximum atomic E-state index is 10.4. The molecule has 0 aromatic carbocycles. The van der Waals surface area contributed by atoms with E-state index in [0.29, 0.717) is 0 Å². The first-order chi connectivity index (χ1) is 4.83. The first kappa shape index (κ1) is 7.52. The zero-order chi connectivity index (χ0) is 7.45. The zero-order valence-corrected chi connectivity index (χ0v) is 6.47. The third-order valence-corrected chi connectivity index (χ3v) is 1.97. The number of carbonyl (C=O) groups is 1. The minimum atomic E-state index is -0.0187. The number of rotatable bonds is 4. The maximum Gasteiger partial charge on any atom is 0.129 e. The highest BCUT2D eigenvalue weighted by atomic mass is 16.1. The summed E-state index contributed by atoms with van der Waals surface area (Å²) in [6.45, 7) is 2.14. The van der Waals surface area contributed by atoms with Gasteiger partial charge in [0.05, 0.1) is 0 Å². The van der Waals surface area contributed by atoms with E-state index in [0.717, 1.165) is 25.5 Å². The number of hydrogen-bond donors (Lipinski definition) is 0. The number of allylic oxidation sites excluding steroid dienone is 2. The summed E-state index contributed by atoms with van der Waals surface area (Å²) in [6.07, 6.45) is 9.69. The summed E-state index contributed by atoms with van der Waals surface area (Å²) in [4.78, 5) is 10.4. The molecule has 1 aliphatic carbocycles. The van der Waals surface area contributed by atoms with Crippen molar-refractivity contribution in [3.05, 3.63) is 12.2 Å². The van der Waals surface area contributed by atoms with Crippen LogP contribution >= 0.6 is 0 Å². The molecule has 0 atom stereocenters. The molecular formula is C9H14O. The molecule has 0 aromatic heterocycles. The second kappa shape index (κ2) is 3.00. The van der Waals surface area contributed by atoms with E-state index in [9.17, 15) is 4.79 Å². The lowest BCUT2D eigenvalue weighted by Gasteiger charge is -1.94. The molecule has 0 radical (unpaired) electrons. The number of hydrogen-bond acceptors (Lipinski definition) is 1. The minimum absolute atomic E-state index is 0.0187. The third-order valence-electron chi connectivity index (χ3n) is 1.97. The van der Waals surface area contributed by atoms with Gasteiger partial charge in [-0.2, -0.15) is 0 Å². The van der Waals surface area contributed by atoms with Crippen LogP contribution in [0.3, 0.4) is 0 Å². The molecule has 1 aliphatic rings. The normalized spacial score (nSPS) is 21.3. The lowest BCUT2D eigenvalue weighted by Crippen LogP contribution is -1.94. The Morgan fingerprint density at radius 2 is 2.20 bits per heavy atom. The van der Waals surface area contributed by atoms with Gasteiger partial charge in [-0.15, -0.1) is 0 Å². The molecule has 56 valence electrons. The average Bonchev–Trinajstić information content (AvgIpc) is 2.70. The van der Waals surface area contributed by atoms with E-state index in [1.165, 1.54) is 6.42 Å². The van der Waals surface area contributed by atoms with Crippen molar-refractivity contribution in [3.8, 4) is 0 Å². The molecule has 0 heterocycles. The van der Waals surface area contributed by atoms with Gasteiger partial charge in [0, 0.05) is 5.41 Å². The van der Waals surface area contributed by atoms with Crippen molar-refractivity contribution in [2.45, 2.75) is 32.6 Å². The summed E-state index contributed by atoms with van der Waals surface area (Å²) >= 11 is 0. The lowest BCUT2D eigenvalue weighted by atomic mass is 10.1. The molecule has 1 saturated carbocycles. The van der Waals surface area contributed by atoms with Crippen molar-refractivity contribution in [2.75, 3.05) is 0 Å². The van der Waals surface area contributed by atoms with E-state index in [-0.39, 0.29) is 5.41 Å². The van der Waals surface area contributed by atoms with Crippen LogP contribution in [-0.2, 0) is 4.79 Å². The van der Waals surface area contributed by atoms with Crippen molar-refractivity contribution in [1.29, 1.82) is 0 Å². The van der Waals surface area contributed by atoms with Gasteiger partial charge in [0.25, 0.3) is 0 Å². The van der Waals surface area contributed by atoms with Crippen LogP contribution in [0.5, 0.6) is 0 Å². The molecule has 0 amide bonds. The fraction of sp³-hybridized carbons (Fsp3) is 0.667. The minimum Gasteiger partial charge on any atom is -0.302 e. The highest BCUT2D eigenvalue weighted by molar-refractivity contribution is 5.66. The summed E-state index contributed by atoms with van der Waals surface area (Å²) in [7, 11) is 0. The van der Waals surface area contributed by atoms with E-state index in [4.69, 9.17) is 0 Å². The standard InChI is InChI=1S/C9H14O/c1-2-3-4-5-9(8-10)6-7-9/h4-5,8H,2-3,6-7H2,1H3/b5-4+. The van der Waals surface area contributed by atoms with Crippen molar-refractivity contribution < 1.29 is 4.79 Å². The van der Waals surface area contributed by atoms with Crippen molar-refractivity contribution in [1.82, 2.24) is 0 Å². The molecule has 0 spiro atoms. The first-order valence-corrected chi connectivity index (χ1v) is 3.97. The zero-order valence-electron chi connectivity index (χ0n) is 6.47. The van der Waals surface area contributed by atoms with Gasteiger partial charge >= 0.3 is 0 Å². The fourth-order valence-corrected chi connectivity index (χ4v) is 0.953. The fourth-order valence-electron chi connectivity index (χ4n) is 0.953. The Morgan fingerprint density at radius 3 is 2.60 bits per heavy atom. The van der Waals surface area contributed by atoms with Gasteiger partial charge in [-0.25, -0.2) is 0 Å². The highest BCUT2D eigenvalue weighted by Crippen LogP contribution is 2.44. The first-order valence-electron chi connectivity index (χ1n) is 3.97. The molecule has 1 rings (SSSR count). The van der Waals surface area contributed by atoms with Crippen molar-refractivity contribution >= 4 is 6.29 Å². The molecule has 0 unspecified atom stereocenters. The number of carbonyl (C=O) groups excluding carboxylic acids is 1. The molecule has 0 N–H and O–H groups in total. The maximum absolute atomic E-state index is 10.4. The predicted molar refractivity (Wildman–Crippen MR) is 41.8 cm³/mol. The highest BCUT2D eigenvalue weighted by Gasteiger charge is 2.39. The monoisotopic (exact) mass is 138 g/mol. The Morgan fingerprint density at radius 1 is 1.50 bits per heavy atom. The Hall–Kier alpha value is -0.590. The van der Waals surface area contributed by atoms with Crippen LogP contribution < -0.4 is 0 Å². The van der Waals surface area contributed by atoms with Crippen LogP contribution in [-0.4, -0.2) is 6.29 Å². The smallest absolute Gasteiger partial charge is 0.129 e. The van der Waals surface area contributed by atoms with Crippen LogP contribution in [0.15, 0.2) is 12.2 Å². The molecule has 1 nitrogen and oxygen atoms in total.